The lowest BCUT2D eigenvalue weighted by Crippen LogP contribution is -2.09. The summed E-state index contributed by atoms with van der Waals surface area (Å²) in [5.74, 6) is -0.110. The number of ether oxygens (including phenoxy) is 1. The second-order valence-corrected chi connectivity index (χ2v) is 3.68. The topological polar surface area (TPSA) is 26.3 Å². The molecule has 1 rings (SSSR count). The Morgan fingerprint density at radius 3 is 2.69 bits per heavy atom. The van der Waals surface area contributed by atoms with E-state index in [-0.39, 0.29) is 11.9 Å². The summed E-state index contributed by atoms with van der Waals surface area (Å²) in [4.78, 5) is 11.5. The first kappa shape index (κ1) is 12.5. The number of hydrogen-bond acceptors (Lipinski definition) is 2. The van der Waals surface area contributed by atoms with Gasteiger partial charge in [-0.05, 0) is 12.0 Å². The highest BCUT2D eigenvalue weighted by atomic mass is 16.5. The van der Waals surface area contributed by atoms with E-state index in [2.05, 4.69) is 6.58 Å². The van der Waals surface area contributed by atoms with Crippen molar-refractivity contribution < 1.29 is 9.53 Å². The van der Waals surface area contributed by atoms with Gasteiger partial charge in [-0.25, -0.2) is 0 Å². The van der Waals surface area contributed by atoms with Crippen LogP contribution in [0.3, 0.4) is 0 Å². The SMILES string of the molecule is C=CC(CC(=O)OCCC)c1ccccc1. The molecule has 1 atom stereocenters. The maximum absolute atomic E-state index is 11.5. The molecule has 1 aromatic rings. The standard InChI is InChI=1S/C14H18O2/c1-3-10-16-14(15)11-12(4-2)13-8-6-5-7-9-13/h4-9,12H,2-3,10-11H2,1H3. The lowest BCUT2D eigenvalue weighted by Gasteiger charge is -2.12. The number of allylic oxidation sites excluding steroid dienone is 1. The van der Waals surface area contributed by atoms with E-state index in [0.29, 0.717) is 13.0 Å². The molecule has 1 aromatic carbocycles. The molecule has 0 aliphatic rings. The van der Waals surface area contributed by atoms with Crippen LogP contribution in [-0.4, -0.2) is 12.6 Å². The molecule has 1 unspecified atom stereocenters. The first-order chi connectivity index (χ1) is 7.77. The summed E-state index contributed by atoms with van der Waals surface area (Å²) in [7, 11) is 0. The van der Waals surface area contributed by atoms with Crippen LogP contribution in [-0.2, 0) is 9.53 Å². The lowest BCUT2D eigenvalue weighted by molar-refractivity contribution is -0.143. The predicted octanol–water partition coefficient (Wildman–Crippen LogP) is 3.30. The zero-order chi connectivity index (χ0) is 11.8. The van der Waals surface area contributed by atoms with Crippen molar-refractivity contribution in [1.29, 1.82) is 0 Å². The number of esters is 1. The van der Waals surface area contributed by atoms with E-state index in [1.54, 1.807) is 6.08 Å². The van der Waals surface area contributed by atoms with Gasteiger partial charge in [0.15, 0.2) is 0 Å². The minimum absolute atomic E-state index is 0.0468. The van der Waals surface area contributed by atoms with Gasteiger partial charge in [0.2, 0.25) is 0 Å². The normalized spacial score (nSPS) is 11.8. The van der Waals surface area contributed by atoms with Gasteiger partial charge in [0.25, 0.3) is 0 Å². The fourth-order valence-electron chi connectivity index (χ4n) is 1.49. The molecule has 0 spiro atoms. The van der Waals surface area contributed by atoms with Crippen LogP contribution in [0, 0.1) is 0 Å². The largest absolute Gasteiger partial charge is 0.466 e. The molecule has 86 valence electrons. The molecule has 0 bridgehead atoms. The van der Waals surface area contributed by atoms with Gasteiger partial charge in [0.05, 0.1) is 13.0 Å². The summed E-state index contributed by atoms with van der Waals surface area (Å²) in [6.07, 6.45) is 3.02. The molecule has 0 N–H and O–H groups in total. The Balaban J connectivity index is 2.56. The molecule has 2 nitrogen and oxygen atoms in total. The minimum Gasteiger partial charge on any atom is -0.466 e. The molecule has 0 aliphatic carbocycles. The Morgan fingerprint density at radius 1 is 1.44 bits per heavy atom. The van der Waals surface area contributed by atoms with Crippen molar-refractivity contribution >= 4 is 5.97 Å². The van der Waals surface area contributed by atoms with Crippen LogP contribution in [0.25, 0.3) is 0 Å². The number of hydrogen-bond donors (Lipinski definition) is 0. The van der Waals surface area contributed by atoms with Crippen LogP contribution in [0.2, 0.25) is 0 Å². The summed E-state index contributed by atoms with van der Waals surface area (Å²) in [6, 6.07) is 9.88. The van der Waals surface area contributed by atoms with Gasteiger partial charge in [-0.3, -0.25) is 4.79 Å². The smallest absolute Gasteiger partial charge is 0.306 e. The Bertz CT molecular complexity index is 330. The molecule has 0 amide bonds. The number of carbonyl (C=O) groups is 1. The highest BCUT2D eigenvalue weighted by Gasteiger charge is 2.13. The average molecular weight is 218 g/mol. The molecular weight excluding hydrogens is 200 g/mol. The van der Waals surface area contributed by atoms with Crippen LogP contribution in [0.4, 0.5) is 0 Å². The third-order valence-corrected chi connectivity index (χ3v) is 2.37. The fourth-order valence-corrected chi connectivity index (χ4v) is 1.49. The molecule has 0 aromatic heterocycles. The van der Waals surface area contributed by atoms with E-state index in [1.165, 1.54) is 0 Å². The number of benzene rings is 1. The molecule has 0 saturated heterocycles. The second kappa shape index (κ2) is 6.83. The first-order valence-corrected chi connectivity index (χ1v) is 5.61. The molecule has 2 heteroatoms. The van der Waals surface area contributed by atoms with E-state index in [4.69, 9.17) is 4.74 Å². The Hall–Kier alpha value is -1.57. The van der Waals surface area contributed by atoms with Crippen LogP contribution in [0.1, 0.15) is 31.2 Å². The summed E-state index contributed by atoms with van der Waals surface area (Å²) >= 11 is 0. The zero-order valence-electron chi connectivity index (χ0n) is 9.69. The van der Waals surface area contributed by atoms with Gasteiger partial charge in [-0.2, -0.15) is 0 Å². The van der Waals surface area contributed by atoms with Crippen molar-refractivity contribution in [3.05, 3.63) is 48.6 Å². The van der Waals surface area contributed by atoms with Gasteiger partial charge in [0.1, 0.15) is 0 Å². The van der Waals surface area contributed by atoms with Gasteiger partial charge < -0.3 is 4.74 Å². The van der Waals surface area contributed by atoms with Crippen molar-refractivity contribution in [2.45, 2.75) is 25.7 Å². The van der Waals surface area contributed by atoms with Crippen LogP contribution in [0.5, 0.6) is 0 Å². The molecule has 0 saturated carbocycles. The molecule has 0 fully saturated rings. The van der Waals surface area contributed by atoms with Crippen molar-refractivity contribution in [1.82, 2.24) is 0 Å². The number of carbonyl (C=O) groups excluding carboxylic acids is 1. The predicted molar refractivity (Wildman–Crippen MR) is 65.2 cm³/mol. The summed E-state index contributed by atoms with van der Waals surface area (Å²) in [5.41, 5.74) is 1.10. The third kappa shape index (κ3) is 3.89. The van der Waals surface area contributed by atoms with E-state index in [1.807, 2.05) is 37.3 Å². The molecule has 0 aliphatic heterocycles. The molecular formula is C14H18O2. The number of rotatable bonds is 6. The highest BCUT2D eigenvalue weighted by molar-refractivity contribution is 5.71. The second-order valence-electron chi connectivity index (χ2n) is 3.68. The van der Waals surface area contributed by atoms with Crippen molar-refractivity contribution in [3.63, 3.8) is 0 Å². The van der Waals surface area contributed by atoms with Crippen molar-refractivity contribution in [2.24, 2.45) is 0 Å². The zero-order valence-corrected chi connectivity index (χ0v) is 9.69. The first-order valence-electron chi connectivity index (χ1n) is 5.61. The monoisotopic (exact) mass is 218 g/mol. The fraction of sp³-hybridized carbons (Fsp3) is 0.357. The quantitative estimate of drug-likeness (QED) is 0.541. The van der Waals surface area contributed by atoms with E-state index in [0.717, 1.165) is 12.0 Å². The van der Waals surface area contributed by atoms with Gasteiger partial charge >= 0.3 is 5.97 Å². The van der Waals surface area contributed by atoms with Gasteiger partial charge in [-0.1, -0.05) is 43.3 Å². The van der Waals surface area contributed by atoms with E-state index >= 15 is 0 Å². The highest BCUT2D eigenvalue weighted by Crippen LogP contribution is 2.20. The summed E-state index contributed by atoms with van der Waals surface area (Å²) < 4.78 is 5.06. The van der Waals surface area contributed by atoms with Crippen LogP contribution < -0.4 is 0 Å². The maximum Gasteiger partial charge on any atom is 0.306 e. The summed E-state index contributed by atoms with van der Waals surface area (Å²) in [5, 5.41) is 0. The Kier molecular flexibility index (Phi) is 5.34. The Labute approximate surface area is 96.9 Å². The van der Waals surface area contributed by atoms with Crippen molar-refractivity contribution in [3.8, 4) is 0 Å². The third-order valence-electron chi connectivity index (χ3n) is 2.37. The van der Waals surface area contributed by atoms with Gasteiger partial charge in [-0.15, -0.1) is 6.58 Å². The van der Waals surface area contributed by atoms with Crippen LogP contribution >= 0.6 is 0 Å². The minimum atomic E-state index is -0.157. The van der Waals surface area contributed by atoms with Crippen molar-refractivity contribution in [2.75, 3.05) is 6.61 Å². The van der Waals surface area contributed by atoms with Crippen LogP contribution in [0.15, 0.2) is 43.0 Å². The van der Waals surface area contributed by atoms with E-state index in [9.17, 15) is 4.79 Å². The average Bonchev–Trinajstić information content (AvgIpc) is 2.34. The molecule has 0 heterocycles. The molecule has 16 heavy (non-hydrogen) atoms. The van der Waals surface area contributed by atoms with Gasteiger partial charge in [0, 0.05) is 5.92 Å². The lowest BCUT2D eigenvalue weighted by atomic mass is 9.96. The Morgan fingerprint density at radius 2 is 2.12 bits per heavy atom. The van der Waals surface area contributed by atoms with E-state index < -0.39 is 0 Å². The molecule has 0 radical (unpaired) electrons. The summed E-state index contributed by atoms with van der Waals surface area (Å²) in [6.45, 7) is 6.24. The maximum atomic E-state index is 11.5.